The fourth-order valence-electron chi connectivity index (χ4n) is 4.97. The highest BCUT2D eigenvalue weighted by molar-refractivity contribution is 5.82. The SMILES string of the molecule is COc1cc([C@@H]2Oc3ccc4c(c3[C@H]2CO)CCc2cc(O)cc(OC)c2-4)ccc1O. The van der Waals surface area contributed by atoms with Crippen LogP contribution in [0.3, 0.4) is 0 Å². The number of phenolic OH excluding ortho intramolecular Hbond substituents is 2. The molecule has 1 aliphatic carbocycles. The van der Waals surface area contributed by atoms with Gasteiger partial charge in [-0.1, -0.05) is 12.1 Å². The monoisotopic (exact) mass is 420 g/mol. The standard InChI is InChI=1S/C25H24O6/c1-29-21-10-14(4-7-19(21)28)25-18(12-26)24-17-5-3-13-9-15(27)11-22(30-2)23(13)16(17)6-8-20(24)31-25/h4,6-11,18,25-28H,3,5,12H2,1-2H3/t18-,25+/m1/s1. The molecule has 0 spiro atoms. The zero-order chi connectivity index (χ0) is 21.7. The summed E-state index contributed by atoms with van der Waals surface area (Å²) in [6.07, 6.45) is 1.16. The lowest BCUT2D eigenvalue weighted by molar-refractivity contribution is 0.159. The maximum absolute atomic E-state index is 10.3. The summed E-state index contributed by atoms with van der Waals surface area (Å²) in [5.74, 6) is 1.77. The Bertz CT molecular complexity index is 1150. The number of phenols is 2. The predicted molar refractivity (Wildman–Crippen MR) is 115 cm³/mol. The molecule has 2 atom stereocenters. The van der Waals surface area contributed by atoms with E-state index in [0.717, 1.165) is 52.0 Å². The molecule has 0 saturated heterocycles. The molecule has 6 heteroatoms. The number of hydrogen-bond acceptors (Lipinski definition) is 6. The van der Waals surface area contributed by atoms with Crippen LogP contribution >= 0.6 is 0 Å². The Morgan fingerprint density at radius 3 is 2.52 bits per heavy atom. The molecule has 0 bridgehead atoms. The van der Waals surface area contributed by atoms with Crippen LogP contribution in [0.1, 0.15) is 34.3 Å². The van der Waals surface area contributed by atoms with E-state index in [1.165, 1.54) is 7.11 Å². The van der Waals surface area contributed by atoms with Gasteiger partial charge in [0.2, 0.25) is 0 Å². The van der Waals surface area contributed by atoms with E-state index < -0.39 is 0 Å². The minimum absolute atomic E-state index is 0.0617. The number of methoxy groups -OCH3 is 2. The minimum Gasteiger partial charge on any atom is -0.508 e. The molecule has 0 aromatic heterocycles. The van der Waals surface area contributed by atoms with Crippen molar-refractivity contribution in [1.29, 1.82) is 0 Å². The second-order valence-corrected chi connectivity index (χ2v) is 7.94. The normalized spacial score (nSPS) is 18.5. The van der Waals surface area contributed by atoms with E-state index >= 15 is 0 Å². The van der Waals surface area contributed by atoms with E-state index in [-0.39, 0.29) is 30.1 Å². The first kappa shape index (κ1) is 19.6. The van der Waals surface area contributed by atoms with Gasteiger partial charge in [-0.05, 0) is 59.4 Å². The van der Waals surface area contributed by atoms with E-state index in [9.17, 15) is 15.3 Å². The first-order chi connectivity index (χ1) is 15.0. The van der Waals surface area contributed by atoms with Crippen LogP contribution in [0.15, 0.2) is 42.5 Å². The van der Waals surface area contributed by atoms with Gasteiger partial charge in [-0.3, -0.25) is 0 Å². The lowest BCUT2D eigenvalue weighted by Crippen LogP contribution is -2.15. The van der Waals surface area contributed by atoms with Crippen LogP contribution in [0.4, 0.5) is 0 Å². The predicted octanol–water partition coefficient (Wildman–Crippen LogP) is 4.09. The van der Waals surface area contributed by atoms with Crippen LogP contribution in [-0.4, -0.2) is 36.1 Å². The van der Waals surface area contributed by atoms with Gasteiger partial charge in [0.1, 0.15) is 23.4 Å². The van der Waals surface area contributed by atoms with E-state index in [0.29, 0.717) is 11.5 Å². The van der Waals surface area contributed by atoms with Crippen molar-refractivity contribution in [3.05, 3.63) is 64.7 Å². The number of rotatable bonds is 4. The zero-order valence-corrected chi connectivity index (χ0v) is 17.4. The zero-order valence-electron chi connectivity index (χ0n) is 17.4. The molecular formula is C25H24O6. The molecule has 3 N–H and O–H groups in total. The van der Waals surface area contributed by atoms with Crippen molar-refractivity contribution in [3.63, 3.8) is 0 Å². The molecule has 3 aromatic rings. The third-order valence-electron chi connectivity index (χ3n) is 6.34. The first-order valence-electron chi connectivity index (χ1n) is 10.3. The van der Waals surface area contributed by atoms with Gasteiger partial charge in [0.05, 0.1) is 26.7 Å². The van der Waals surface area contributed by atoms with Gasteiger partial charge < -0.3 is 29.5 Å². The lowest BCUT2D eigenvalue weighted by Gasteiger charge is -2.25. The Labute approximate surface area is 180 Å². The summed E-state index contributed by atoms with van der Waals surface area (Å²) in [4.78, 5) is 0. The summed E-state index contributed by atoms with van der Waals surface area (Å²) in [5.41, 5.74) is 6.05. The summed E-state index contributed by atoms with van der Waals surface area (Å²) in [5, 5.41) is 30.3. The molecule has 160 valence electrons. The number of ether oxygens (including phenoxy) is 3. The second-order valence-electron chi connectivity index (χ2n) is 7.94. The van der Waals surface area contributed by atoms with Crippen molar-refractivity contribution in [2.75, 3.05) is 20.8 Å². The summed E-state index contributed by atoms with van der Waals surface area (Å²) in [6, 6.07) is 12.5. The summed E-state index contributed by atoms with van der Waals surface area (Å²) >= 11 is 0. The van der Waals surface area contributed by atoms with Crippen LogP contribution in [0, 0.1) is 0 Å². The molecule has 31 heavy (non-hydrogen) atoms. The van der Waals surface area contributed by atoms with E-state index in [2.05, 4.69) is 0 Å². The second kappa shape index (κ2) is 7.39. The molecule has 0 radical (unpaired) electrons. The number of aromatic hydroxyl groups is 2. The fourth-order valence-corrected chi connectivity index (χ4v) is 4.97. The Kier molecular flexibility index (Phi) is 4.67. The molecule has 0 fully saturated rings. The largest absolute Gasteiger partial charge is 0.508 e. The molecular weight excluding hydrogens is 396 g/mol. The third kappa shape index (κ3) is 2.98. The third-order valence-corrected chi connectivity index (χ3v) is 6.34. The van der Waals surface area contributed by atoms with Crippen LogP contribution in [0.5, 0.6) is 28.7 Å². The highest BCUT2D eigenvalue weighted by atomic mass is 16.5. The van der Waals surface area contributed by atoms with E-state index in [1.54, 1.807) is 37.4 Å². The number of aliphatic hydroxyl groups is 1. The smallest absolute Gasteiger partial charge is 0.160 e. The van der Waals surface area contributed by atoms with Gasteiger partial charge >= 0.3 is 0 Å². The van der Waals surface area contributed by atoms with Gasteiger partial charge in [-0.2, -0.15) is 0 Å². The summed E-state index contributed by atoms with van der Waals surface area (Å²) in [7, 11) is 3.11. The summed E-state index contributed by atoms with van der Waals surface area (Å²) < 4.78 is 17.1. The van der Waals surface area contributed by atoms with Gasteiger partial charge in [0, 0.05) is 17.2 Å². The number of aliphatic hydroxyl groups excluding tert-OH is 1. The topological polar surface area (TPSA) is 88.4 Å². The van der Waals surface area contributed by atoms with Gasteiger partial charge in [0.25, 0.3) is 0 Å². The van der Waals surface area contributed by atoms with Crippen molar-refractivity contribution < 1.29 is 29.5 Å². The molecule has 5 rings (SSSR count). The Morgan fingerprint density at radius 1 is 0.968 bits per heavy atom. The molecule has 1 aliphatic heterocycles. The average molecular weight is 420 g/mol. The van der Waals surface area contributed by atoms with Crippen molar-refractivity contribution in [3.8, 4) is 39.9 Å². The number of fused-ring (bicyclic) bond motifs is 5. The highest BCUT2D eigenvalue weighted by Crippen LogP contribution is 2.53. The molecule has 0 amide bonds. The van der Waals surface area contributed by atoms with Crippen LogP contribution in [0.25, 0.3) is 11.1 Å². The maximum Gasteiger partial charge on any atom is 0.160 e. The number of hydrogen-bond donors (Lipinski definition) is 3. The highest BCUT2D eigenvalue weighted by Gasteiger charge is 2.39. The summed E-state index contributed by atoms with van der Waals surface area (Å²) in [6.45, 7) is -0.0725. The molecule has 1 heterocycles. The van der Waals surface area contributed by atoms with Crippen LogP contribution in [-0.2, 0) is 12.8 Å². The van der Waals surface area contributed by atoms with E-state index in [1.807, 2.05) is 12.1 Å². The molecule has 6 nitrogen and oxygen atoms in total. The Balaban J connectivity index is 1.63. The molecule has 2 aliphatic rings. The van der Waals surface area contributed by atoms with Crippen molar-refractivity contribution in [1.82, 2.24) is 0 Å². The maximum atomic E-state index is 10.3. The van der Waals surface area contributed by atoms with Gasteiger partial charge in [-0.25, -0.2) is 0 Å². The van der Waals surface area contributed by atoms with E-state index in [4.69, 9.17) is 14.2 Å². The fraction of sp³-hybridized carbons (Fsp3) is 0.280. The molecule has 0 saturated carbocycles. The molecule has 0 unspecified atom stereocenters. The van der Waals surface area contributed by atoms with Crippen molar-refractivity contribution >= 4 is 0 Å². The number of benzene rings is 3. The van der Waals surface area contributed by atoms with Crippen LogP contribution in [0.2, 0.25) is 0 Å². The number of aryl methyl sites for hydroxylation is 1. The van der Waals surface area contributed by atoms with Gasteiger partial charge in [0.15, 0.2) is 11.5 Å². The molecule has 3 aromatic carbocycles. The van der Waals surface area contributed by atoms with Crippen molar-refractivity contribution in [2.24, 2.45) is 0 Å². The Hall–Kier alpha value is -3.38. The van der Waals surface area contributed by atoms with Gasteiger partial charge in [-0.15, -0.1) is 0 Å². The van der Waals surface area contributed by atoms with Crippen molar-refractivity contribution in [2.45, 2.75) is 24.9 Å². The average Bonchev–Trinajstić information content (AvgIpc) is 3.17. The lowest BCUT2D eigenvalue weighted by atomic mass is 9.79. The first-order valence-corrected chi connectivity index (χ1v) is 10.3. The van der Waals surface area contributed by atoms with Crippen LogP contribution < -0.4 is 14.2 Å². The quantitative estimate of drug-likeness (QED) is 0.589. The minimum atomic E-state index is -0.385. The Morgan fingerprint density at radius 2 is 1.77 bits per heavy atom.